The molecule has 1 aromatic heterocycles. The highest BCUT2D eigenvalue weighted by molar-refractivity contribution is 5.50. The Kier molecular flexibility index (Phi) is 5.22. The fourth-order valence-electron chi connectivity index (χ4n) is 2.64. The summed E-state index contributed by atoms with van der Waals surface area (Å²) in [6.07, 6.45) is 2.25. The molecule has 0 spiro atoms. The first kappa shape index (κ1) is 14.3. The average Bonchev–Trinajstić information content (AvgIpc) is 2.61. The third kappa shape index (κ3) is 3.48. The van der Waals surface area contributed by atoms with Crippen molar-refractivity contribution >= 4 is 5.82 Å². The van der Waals surface area contributed by atoms with Crippen molar-refractivity contribution in [2.24, 2.45) is 7.05 Å². The second-order valence-electron chi connectivity index (χ2n) is 5.14. The van der Waals surface area contributed by atoms with Crippen LogP contribution < -0.4 is 10.2 Å². The maximum absolute atomic E-state index is 5.54. The van der Waals surface area contributed by atoms with Crippen LogP contribution in [0.25, 0.3) is 0 Å². The number of aryl methyl sites for hydroxylation is 2. The smallest absolute Gasteiger partial charge is 0.131 e. The molecule has 108 valence electrons. The zero-order valence-electron chi connectivity index (χ0n) is 12.4. The second kappa shape index (κ2) is 6.91. The molecule has 5 heteroatoms. The van der Waals surface area contributed by atoms with Crippen LogP contribution in [0.2, 0.25) is 0 Å². The van der Waals surface area contributed by atoms with Gasteiger partial charge in [0.05, 0.1) is 12.3 Å². The van der Waals surface area contributed by atoms with Crippen molar-refractivity contribution in [3.05, 3.63) is 11.3 Å². The molecule has 1 aliphatic heterocycles. The summed E-state index contributed by atoms with van der Waals surface area (Å²) in [4.78, 5) is 2.41. The lowest BCUT2D eigenvalue weighted by atomic mass is 10.2. The van der Waals surface area contributed by atoms with E-state index in [1.807, 2.05) is 11.7 Å². The summed E-state index contributed by atoms with van der Waals surface area (Å²) in [5, 5.41) is 8.08. The van der Waals surface area contributed by atoms with Crippen LogP contribution in [0.15, 0.2) is 0 Å². The normalized spacial score (nSPS) is 16.7. The van der Waals surface area contributed by atoms with E-state index in [1.54, 1.807) is 0 Å². The zero-order chi connectivity index (χ0) is 13.7. The van der Waals surface area contributed by atoms with E-state index in [4.69, 9.17) is 4.74 Å². The first-order chi connectivity index (χ1) is 9.24. The minimum atomic E-state index is 0.812. The number of nitrogens with one attached hydrogen (secondary N) is 1. The standard InChI is InChI=1S/C14H26N4O/c1-4-6-15-11-13-12(2)16-17(3)14(13)18-7-5-9-19-10-8-18/h15H,4-11H2,1-3H3. The molecular formula is C14H26N4O. The molecule has 0 unspecified atom stereocenters. The number of hydrogen-bond acceptors (Lipinski definition) is 4. The Labute approximate surface area is 115 Å². The third-order valence-corrected chi connectivity index (χ3v) is 3.56. The van der Waals surface area contributed by atoms with Gasteiger partial charge in [-0.3, -0.25) is 4.68 Å². The van der Waals surface area contributed by atoms with Gasteiger partial charge in [0, 0.05) is 38.9 Å². The van der Waals surface area contributed by atoms with Crippen LogP contribution >= 0.6 is 0 Å². The van der Waals surface area contributed by atoms with Crippen molar-refractivity contribution in [2.45, 2.75) is 33.2 Å². The van der Waals surface area contributed by atoms with Crippen LogP contribution in [0.1, 0.15) is 31.0 Å². The molecule has 0 radical (unpaired) electrons. The van der Waals surface area contributed by atoms with Crippen molar-refractivity contribution in [1.82, 2.24) is 15.1 Å². The first-order valence-electron chi connectivity index (χ1n) is 7.30. The Hall–Kier alpha value is -1.07. The van der Waals surface area contributed by atoms with Crippen LogP contribution in [-0.4, -0.2) is 42.6 Å². The minimum Gasteiger partial charge on any atom is -0.380 e. The number of rotatable bonds is 5. The molecular weight excluding hydrogens is 240 g/mol. The topological polar surface area (TPSA) is 42.3 Å². The Morgan fingerprint density at radius 1 is 1.32 bits per heavy atom. The maximum Gasteiger partial charge on any atom is 0.131 e. The van der Waals surface area contributed by atoms with E-state index in [1.165, 1.54) is 11.4 Å². The lowest BCUT2D eigenvalue weighted by molar-refractivity contribution is 0.152. The van der Waals surface area contributed by atoms with Gasteiger partial charge in [-0.05, 0) is 26.3 Å². The number of anilines is 1. The molecule has 0 atom stereocenters. The quantitative estimate of drug-likeness (QED) is 0.819. The monoisotopic (exact) mass is 266 g/mol. The van der Waals surface area contributed by atoms with Gasteiger partial charge in [0.1, 0.15) is 5.82 Å². The summed E-state index contributed by atoms with van der Waals surface area (Å²) in [5.41, 5.74) is 2.46. The minimum absolute atomic E-state index is 0.812. The van der Waals surface area contributed by atoms with E-state index in [2.05, 4.69) is 29.2 Å². The van der Waals surface area contributed by atoms with E-state index in [0.29, 0.717) is 0 Å². The summed E-state index contributed by atoms with van der Waals surface area (Å²) >= 11 is 0. The fraction of sp³-hybridized carbons (Fsp3) is 0.786. The second-order valence-corrected chi connectivity index (χ2v) is 5.14. The van der Waals surface area contributed by atoms with Crippen LogP contribution in [0.4, 0.5) is 5.82 Å². The number of nitrogens with zero attached hydrogens (tertiary/aromatic N) is 3. The predicted octanol–water partition coefficient (Wildman–Crippen LogP) is 1.45. The molecule has 2 rings (SSSR count). The summed E-state index contributed by atoms with van der Waals surface area (Å²) in [5.74, 6) is 1.26. The molecule has 0 amide bonds. The Bertz CT molecular complexity index is 394. The Morgan fingerprint density at radius 3 is 2.95 bits per heavy atom. The maximum atomic E-state index is 5.54. The van der Waals surface area contributed by atoms with Gasteiger partial charge >= 0.3 is 0 Å². The van der Waals surface area contributed by atoms with E-state index in [0.717, 1.165) is 57.9 Å². The Morgan fingerprint density at radius 2 is 2.16 bits per heavy atom. The largest absolute Gasteiger partial charge is 0.380 e. The highest BCUT2D eigenvalue weighted by Gasteiger charge is 2.20. The lowest BCUT2D eigenvalue weighted by Gasteiger charge is -2.23. The summed E-state index contributed by atoms with van der Waals surface area (Å²) in [7, 11) is 2.04. The van der Waals surface area contributed by atoms with Gasteiger partial charge in [-0.2, -0.15) is 5.10 Å². The van der Waals surface area contributed by atoms with Gasteiger partial charge in [0.25, 0.3) is 0 Å². The van der Waals surface area contributed by atoms with E-state index in [-0.39, 0.29) is 0 Å². The lowest BCUT2D eigenvalue weighted by Crippen LogP contribution is -2.29. The molecule has 2 heterocycles. The van der Waals surface area contributed by atoms with Crippen LogP contribution in [-0.2, 0) is 18.3 Å². The number of aromatic nitrogens is 2. The summed E-state index contributed by atoms with van der Waals surface area (Å²) < 4.78 is 7.56. The molecule has 0 aromatic carbocycles. The molecule has 1 fully saturated rings. The van der Waals surface area contributed by atoms with E-state index in [9.17, 15) is 0 Å². The molecule has 1 N–H and O–H groups in total. The van der Waals surface area contributed by atoms with Crippen molar-refractivity contribution in [3.8, 4) is 0 Å². The van der Waals surface area contributed by atoms with Gasteiger partial charge in [0.2, 0.25) is 0 Å². The molecule has 0 saturated carbocycles. The van der Waals surface area contributed by atoms with Gasteiger partial charge in [-0.15, -0.1) is 0 Å². The number of ether oxygens (including phenoxy) is 1. The van der Waals surface area contributed by atoms with Gasteiger partial charge < -0.3 is 15.0 Å². The van der Waals surface area contributed by atoms with Crippen molar-refractivity contribution < 1.29 is 4.74 Å². The van der Waals surface area contributed by atoms with Crippen molar-refractivity contribution in [1.29, 1.82) is 0 Å². The third-order valence-electron chi connectivity index (χ3n) is 3.56. The molecule has 0 bridgehead atoms. The highest BCUT2D eigenvalue weighted by atomic mass is 16.5. The first-order valence-corrected chi connectivity index (χ1v) is 7.30. The number of hydrogen-bond donors (Lipinski definition) is 1. The predicted molar refractivity (Wildman–Crippen MR) is 77.6 cm³/mol. The van der Waals surface area contributed by atoms with Crippen LogP contribution in [0.3, 0.4) is 0 Å². The molecule has 1 saturated heterocycles. The van der Waals surface area contributed by atoms with Crippen LogP contribution in [0.5, 0.6) is 0 Å². The molecule has 0 aliphatic carbocycles. The van der Waals surface area contributed by atoms with Gasteiger partial charge in [0.15, 0.2) is 0 Å². The molecule has 1 aromatic rings. The molecule has 19 heavy (non-hydrogen) atoms. The van der Waals surface area contributed by atoms with E-state index >= 15 is 0 Å². The van der Waals surface area contributed by atoms with Crippen molar-refractivity contribution in [3.63, 3.8) is 0 Å². The van der Waals surface area contributed by atoms with Gasteiger partial charge in [-0.1, -0.05) is 6.92 Å². The molecule has 1 aliphatic rings. The Balaban J connectivity index is 2.16. The summed E-state index contributed by atoms with van der Waals surface area (Å²) in [6.45, 7) is 9.94. The SMILES string of the molecule is CCCNCc1c(C)nn(C)c1N1CCCOCC1. The average molecular weight is 266 g/mol. The fourth-order valence-corrected chi connectivity index (χ4v) is 2.64. The zero-order valence-corrected chi connectivity index (χ0v) is 12.4. The van der Waals surface area contributed by atoms with E-state index < -0.39 is 0 Å². The highest BCUT2D eigenvalue weighted by Crippen LogP contribution is 2.24. The summed E-state index contributed by atoms with van der Waals surface area (Å²) in [6, 6.07) is 0. The van der Waals surface area contributed by atoms with Gasteiger partial charge in [-0.25, -0.2) is 0 Å². The molecule has 5 nitrogen and oxygen atoms in total. The van der Waals surface area contributed by atoms with Crippen LogP contribution in [0, 0.1) is 6.92 Å². The van der Waals surface area contributed by atoms with Crippen molar-refractivity contribution in [2.75, 3.05) is 37.7 Å².